The van der Waals surface area contributed by atoms with E-state index in [1.165, 1.54) is 11.2 Å². The average Bonchev–Trinajstić information content (AvgIpc) is 3.64. The lowest BCUT2D eigenvalue weighted by Gasteiger charge is -2.30. The number of nitrogens with two attached hydrogens (primary N) is 2. The molecule has 12 heteroatoms. The predicted molar refractivity (Wildman–Crippen MR) is 133 cm³/mol. The maximum Gasteiger partial charge on any atom is 0.273 e. The number of carbonyl (C=O) groups excluding carboxylic acids is 3. The number of primary amides is 1. The van der Waals surface area contributed by atoms with Gasteiger partial charge in [-0.15, -0.1) is 0 Å². The highest BCUT2D eigenvalue weighted by atomic mass is 32.1. The Kier molecular flexibility index (Phi) is 7.86. The Labute approximate surface area is 211 Å². The van der Waals surface area contributed by atoms with Crippen LogP contribution in [-0.4, -0.2) is 48.0 Å². The molecule has 3 heterocycles. The van der Waals surface area contributed by atoms with Crippen molar-refractivity contribution in [2.75, 3.05) is 30.4 Å². The number of hydrogen-bond donors (Lipinski definition) is 3. The maximum absolute atomic E-state index is 13.9. The summed E-state index contributed by atoms with van der Waals surface area (Å²) in [6.45, 7) is 3.26. The second-order valence-corrected chi connectivity index (χ2v) is 8.81. The average molecular weight is 514 g/mol. The number of nitrogens with zero attached hydrogens (tertiary/aromatic N) is 2. The summed E-state index contributed by atoms with van der Waals surface area (Å²) >= 11 is 0.733. The van der Waals surface area contributed by atoms with Crippen LogP contribution < -0.4 is 26.4 Å². The Balaban J connectivity index is 1.75. The van der Waals surface area contributed by atoms with Gasteiger partial charge in [0.2, 0.25) is 0 Å². The van der Waals surface area contributed by atoms with E-state index in [9.17, 15) is 14.4 Å². The van der Waals surface area contributed by atoms with Gasteiger partial charge in [-0.1, -0.05) is 0 Å². The highest BCUT2D eigenvalue weighted by Gasteiger charge is 2.38. The standard InChI is InChI=1S/C24H27N5O6S/c1-2-33-15-9-7-14(8-10-15)29(24(32)21-18(25)19(22(26)30)28-36-21)20(17-6-4-12-35-17)23(31)27-13-16-5-3-11-34-16/h4,6-10,12,16,20H,2-3,5,11,13,25H2,1H3,(H2,26,30)(H,27,31)/t16-,20-/m1/s1. The van der Waals surface area contributed by atoms with Crippen LogP contribution in [0.1, 0.15) is 51.7 Å². The maximum atomic E-state index is 13.9. The van der Waals surface area contributed by atoms with Crippen molar-refractivity contribution in [3.63, 3.8) is 0 Å². The van der Waals surface area contributed by atoms with Crippen molar-refractivity contribution in [1.29, 1.82) is 0 Å². The van der Waals surface area contributed by atoms with Gasteiger partial charge in [0.15, 0.2) is 11.7 Å². The summed E-state index contributed by atoms with van der Waals surface area (Å²) in [6.07, 6.45) is 3.07. The number of nitrogens with one attached hydrogen (secondary N) is 1. The molecule has 11 nitrogen and oxygen atoms in total. The van der Waals surface area contributed by atoms with Gasteiger partial charge in [0, 0.05) is 18.8 Å². The van der Waals surface area contributed by atoms with E-state index >= 15 is 0 Å². The number of furan rings is 1. The van der Waals surface area contributed by atoms with Crippen molar-refractivity contribution in [3.05, 3.63) is 59.0 Å². The molecule has 3 amide bonds. The zero-order valence-electron chi connectivity index (χ0n) is 19.6. The highest BCUT2D eigenvalue weighted by molar-refractivity contribution is 7.09. The first kappa shape index (κ1) is 25.2. The molecule has 1 aromatic carbocycles. The normalized spacial score (nSPS) is 15.9. The number of carbonyl (C=O) groups is 3. The molecule has 5 N–H and O–H groups in total. The Morgan fingerprint density at radius 2 is 2.06 bits per heavy atom. The predicted octanol–water partition coefficient (Wildman–Crippen LogP) is 2.50. The van der Waals surface area contributed by atoms with Gasteiger partial charge in [-0.25, -0.2) is 0 Å². The lowest BCUT2D eigenvalue weighted by molar-refractivity contribution is -0.123. The van der Waals surface area contributed by atoms with E-state index in [2.05, 4.69) is 9.69 Å². The van der Waals surface area contributed by atoms with E-state index in [4.69, 9.17) is 25.4 Å². The number of ether oxygens (including phenoxy) is 2. The molecule has 2 aromatic heterocycles. The minimum atomic E-state index is -1.19. The molecule has 1 fully saturated rings. The van der Waals surface area contributed by atoms with Crippen LogP contribution in [0.4, 0.5) is 11.4 Å². The number of hydrogen-bond acceptors (Lipinski definition) is 9. The molecule has 1 saturated heterocycles. The van der Waals surface area contributed by atoms with Crippen molar-refractivity contribution < 1.29 is 28.3 Å². The third kappa shape index (κ3) is 5.34. The number of benzene rings is 1. The van der Waals surface area contributed by atoms with Crippen molar-refractivity contribution in [1.82, 2.24) is 9.69 Å². The van der Waals surface area contributed by atoms with Gasteiger partial charge >= 0.3 is 0 Å². The zero-order chi connectivity index (χ0) is 25.7. The van der Waals surface area contributed by atoms with Crippen LogP contribution in [0, 0.1) is 0 Å². The monoisotopic (exact) mass is 513 g/mol. The Bertz CT molecular complexity index is 1200. The Hall–Kier alpha value is -3.90. The van der Waals surface area contributed by atoms with Gasteiger partial charge in [-0.2, -0.15) is 4.37 Å². The van der Waals surface area contributed by atoms with Crippen LogP contribution in [0.3, 0.4) is 0 Å². The molecule has 1 aliphatic rings. The first-order chi connectivity index (χ1) is 17.4. The van der Waals surface area contributed by atoms with Crippen LogP contribution >= 0.6 is 11.5 Å². The van der Waals surface area contributed by atoms with Crippen molar-refractivity contribution in [3.8, 4) is 5.75 Å². The second-order valence-electron chi connectivity index (χ2n) is 8.04. The number of nitrogen functional groups attached to an aromatic ring is 1. The smallest absolute Gasteiger partial charge is 0.273 e. The number of amides is 3. The summed E-state index contributed by atoms with van der Waals surface area (Å²) in [5.41, 5.74) is 11.4. The van der Waals surface area contributed by atoms with Crippen molar-refractivity contribution in [2.45, 2.75) is 31.9 Å². The van der Waals surface area contributed by atoms with E-state index in [0.29, 0.717) is 24.7 Å². The number of aromatic nitrogens is 1. The fourth-order valence-corrected chi connectivity index (χ4v) is 4.67. The molecule has 36 heavy (non-hydrogen) atoms. The molecule has 2 atom stereocenters. The molecule has 3 aromatic rings. The lowest BCUT2D eigenvalue weighted by Crippen LogP contribution is -2.45. The SMILES string of the molecule is CCOc1ccc(N(C(=O)c2snc(C(N)=O)c2N)[C@@H](C(=O)NC[C@H]2CCCO2)c2ccco2)cc1. The molecule has 1 aliphatic heterocycles. The van der Waals surface area contributed by atoms with Gasteiger partial charge in [0.05, 0.1) is 24.7 Å². The third-order valence-corrected chi connectivity index (χ3v) is 6.50. The minimum absolute atomic E-state index is 0.0267. The number of anilines is 2. The fourth-order valence-electron chi connectivity index (χ4n) is 3.93. The van der Waals surface area contributed by atoms with Crippen molar-refractivity contribution in [2.24, 2.45) is 5.73 Å². The molecule has 0 saturated carbocycles. The largest absolute Gasteiger partial charge is 0.494 e. The lowest BCUT2D eigenvalue weighted by atomic mass is 10.1. The molecule has 0 aliphatic carbocycles. The summed E-state index contributed by atoms with van der Waals surface area (Å²) in [5, 5.41) is 2.88. The van der Waals surface area contributed by atoms with Crippen LogP contribution in [0.5, 0.6) is 5.75 Å². The fraction of sp³-hybridized carbons (Fsp3) is 0.333. The summed E-state index contributed by atoms with van der Waals surface area (Å²) in [4.78, 5) is 40.4. The van der Waals surface area contributed by atoms with E-state index in [-0.39, 0.29) is 34.7 Å². The first-order valence-electron chi connectivity index (χ1n) is 11.4. The van der Waals surface area contributed by atoms with E-state index in [1.54, 1.807) is 36.4 Å². The Morgan fingerprint density at radius 3 is 2.64 bits per heavy atom. The molecule has 0 spiro atoms. The molecule has 0 unspecified atom stereocenters. The Morgan fingerprint density at radius 1 is 1.28 bits per heavy atom. The quantitative estimate of drug-likeness (QED) is 0.372. The van der Waals surface area contributed by atoms with Crippen LogP contribution in [0.15, 0.2) is 47.1 Å². The van der Waals surface area contributed by atoms with Crippen LogP contribution in [-0.2, 0) is 9.53 Å². The third-order valence-electron chi connectivity index (χ3n) is 5.65. The van der Waals surface area contributed by atoms with Gasteiger partial charge < -0.3 is 30.7 Å². The van der Waals surface area contributed by atoms with E-state index in [0.717, 1.165) is 24.4 Å². The van der Waals surface area contributed by atoms with Gasteiger partial charge in [-0.05, 0) is 67.7 Å². The summed E-state index contributed by atoms with van der Waals surface area (Å²) in [6, 6.07) is 8.72. The molecule has 4 rings (SSSR count). The molecule has 0 bridgehead atoms. The molecular formula is C24H27N5O6S. The van der Waals surface area contributed by atoms with Gasteiger partial charge in [-0.3, -0.25) is 19.3 Å². The van der Waals surface area contributed by atoms with Crippen LogP contribution in [0.2, 0.25) is 0 Å². The topological polar surface area (TPSA) is 163 Å². The minimum Gasteiger partial charge on any atom is -0.494 e. The first-order valence-corrected chi connectivity index (χ1v) is 12.2. The number of rotatable bonds is 10. The van der Waals surface area contributed by atoms with Gasteiger partial charge in [0.1, 0.15) is 16.4 Å². The second kappa shape index (κ2) is 11.2. The molecule has 190 valence electrons. The van der Waals surface area contributed by atoms with E-state index in [1.807, 2.05) is 6.92 Å². The van der Waals surface area contributed by atoms with Crippen molar-refractivity contribution >= 4 is 40.6 Å². The summed E-state index contributed by atoms with van der Waals surface area (Å²) in [5.74, 6) is -1.14. The zero-order valence-corrected chi connectivity index (χ0v) is 20.5. The van der Waals surface area contributed by atoms with E-state index < -0.39 is 23.8 Å². The summed E-state index contributed by atoms with van der Waals surface area (Å²) < 4.78 is 20.7. The highest BCUT2D eigenvalue weighted by Crippen LogP contribution is 2.34. The van der Waals surface area contributed by atoms with Gasteiger partial charge in [0.25, 0.3) is 17.7 Å². The van der Waals surface area contributed by atoms with Crippen LogP contribution in [0.25, 0.3) is 0 Å². The molecule has 0 radical (unpaired) electrons. The summed E-state index contributed by atoms with van der Waals surface area (Å²) in [7, 11) is 0. The molecular weight excluding hydrogens is 486 g/mol.